The summed E-state index contributed by atoms with van der Waals surface area (Å²) in [6.45, 7) is 2.50. The van der Waals surface area contributed by atoms with Crippen LogP contribution in [0.1, 0.15) is 54.6 Å². The van der Waals surface area contributed by atoms with Crippen molar-refractivity contribution in [2.75, 3.05) is 6.54 Å². The largest absolute Gasteiger partial charge is 0.481 e. The number of hydrogen-bond acceptors (Lipinski definition) is 3. The molecule has 1 aromatic carbocycles. The number of hydrogen-bond donors (Lipinski definition) is 2. The van der Waals surface area contributed by atoms with Crippen LogP contribution < -0.4 is 5.32 Å². The number of fused-ring (bicyclic) bond motifs is 1. The fourth-order valence-corrected chi connectivity index (χ4v) is 2.60. The minimum atomic E-state index is -0.738. The molecule has 0 radical (unpaired) electrons. The van der Waals surface area contributed by atoms with Crippen LogP contribution in [0.2, 0.25) is 0 Å². The van der Waals surface area contributed by atoms with Gasteiger partial charge in [0.1, 0.15) is 5.58 Å². The Morgan fingerprint density at radius 1 is 1.09 bits per heavy atom. The predicted molar refractivity (Wildman–Crippen MR) is 88.6 cm³/mol. The van der Waals surface area contributed by atoms with Crippen LogP contribution in [0.4, 0.5) is 0 Å². The second-order valence-electron chi connectivity index (χ2n) is 5.72. The molecule has 1 heterocycles. The Bertz CT molecular complexity index is 675. The fraction of sp³-hybridized carbons (Fsp3) is 0.444. The monoisotopic (exact) mass is 317 g/mol. The molecule has 0 saturated heterocycles. The number of nitrogens with one attached hydrogen (secondary N) is 1. The van der Waals surface area contributed by atoms with Crippen LogP contribution in [0.15, 0.2) is 28.7 Å². The maximum atomic E-state index is 12.2. The highest BCUT2D eigenvalue weighted by atomic mass is 16.4. The van der Waals surface area contributed by atoms with Gasteiger partial charge < -0.3 is 14.8 Å². The normalized spacial score (nSPS) is 10.8. The molecule has 1 aromatic heterocycles. The number of rotatable bonds is 9. The molecule has 0 fully saturated rings. The number of amides is 1. The highest BCUT2D eigenvalue weighted by Gasteiger charge is 2.16. The van der Waals surface area contributed by atoms with E-state index in [2.05, 4.69) is 5.32 Å². The van der Waals surface area contributed by atoms with E-state index in [0.717, 1.165) is 48.6 Å². The summed E-state index contributed by atoms with van der Waals surface area (Å²) in [4.78, 5) is 22.6. The van der Waals surface area contributed by atoms with Gasteiger partial charge in [-0.15, -0.1) is 0 Å². The molecular formula is C18H23NO4. The van der Waals surface area contributed by atoms with Crippen molar-refractivity contribution in [2.24, 2.45) is 0 Å². The number of unbranched alkanes of at least 4 members (excludes halogenated alkanes) is 4. The number of carbonyl (C=O) groups excluding carboxylic acids is 1. The lowest BCUT2D eigenvalue weighted by Gasteiger charge is -2.04. The summed E-state index contributed by atoms with van der Waals surface area (Å²) in [6, 6.07) is 7.62. The number of carboxylic acid groups (broad SMARTS) is 1. The van der Waals surface area contributed by atoms with Crippen LogP contribution in [0.5, 0.6) is 0 Å². The molecule has 124 valence electrons. The first-order chi connectivity index (χ1) is 11.1. The van der Waals surface area contributed by atoms with E-state index in [1.165, 1.54) is 0 Å². The van der Waals surface area contributed by atoms with Gasteiger partial charge in [-0.1, -0.05) is 37.5 Å². The molecule has 0 atom stereocenters. The molecule has 5 heteroatoms. The van der Waals surface area contributed by atoms with E-state index in [4.69, 9.17) is 9.52 Å². The quantitative estimate of drug-likeness (QED) is 0.687. The molecule has 2 aromatic rings. The Balaban J connectivity index is 1.70. The van der Waals surface area contributed by atoms with Crippen LogP contribution in [-0.2, 0) is 4.79 Å². The number of aryl methyl sites for hydroxylation is 1. The molecule has 5 nitrogen and oxygen atoms in total. The number of benzene rings is 1. The molecule has 0 bridgehead atoms. The highest BCUT2D eigenvalue weighted by molar-refractivity contribution is 5.98. The van der Waals surface area contributed by atoms with Gasteiger partial charge in [-0.25, -0.2) is 0 Å². The van der Waals surface area contributed by atoms with Crippen LogP contribution in [-0.4, -0.2) is 23.5 Å². The van der Waals surface area contributed by atoms with Gasteiger partial charge in [0.2, 0.25) is 0 Å². The third-order valence-electron chi connectivity index (χ3n) is 3.90. The van der Waals surface area contributed by atoms with Crippen molar-refractivity contribution in [1.82, 2.24) is 5.32 Å². The van der Waals surface area contributed by atoms with Crippen LogP contribution >= 0.6 is 0 Å². The first kappa shape index (κ1) is 17.1. The zero-order valence-corrected chi connectivity index (χ0v) is 13.4. The Morgan fingerprint density at radius 3 is 2.52 bits per heavy atom. The molecular weight excluding hydrogens is 294 g/mol. The number of aliphatic carboxylic acids is 1. The first-order valence-corrected chi connectivity index (χ1v) is 8.07. The molecule has 2 N–H and O–H groups in total. The van der Waals surface area contributed by atoms with Crippen molar-refractivity contribution < 1.29 is 19.1 Å². The molecule has 0 saturated carbocycles. The summed E-state index contributed by atoms with van der Waals surface area (Å²) in [5.74, 6) is -0.532. The summed E-state index contributed by atoms with van der Waals surface area (Å²) >= 11 is 0. The van der Waals surface area contributed by atoms with Gasteiger partial charge in [-0.2, -0.15) is 0 Å². The molecule has 0 aliphatic rings. The summed E-state index contributed by atoms with van der Waals surface area (Å²) in [5, 5.41) is 12.4. The van der Waals surface area contributed by atoms with Gasteiger partial charge >= 0.3 is 5.97 Å². The van der Waals surface area contributed by atoms with E-state index in [1.807, 2.05) is 31.2 Å². The van der Waals surface area contributed by atoms with Crippen molar-refractivity contribution in [3.63, 3.8) is 0 Å². The number of para-hydroxylation sites is 1. The average Bonchev–Trinajstić information content (AvgIpc) is 2.87. The van der Waals surface area contributed by atoms with E-state index in [9.17, 15) is 9.59 Å². The topological polar surface area (TPSA) is 79.5 Å². The number of carboxylic acids is 1. The number of furan rings is 1. The van der Waals surface area contributed by atoms with E-state index in [-0.39, 0.29) is 12.3 Å². The number of carbonyl (C=O) groups is 2. The predicted octanol–water partition coefficient (Wildman–Crippen LogP) is 3.90. The smallest absolute Gasteiger partial charge is 0.303 e. The second kappa shape index (κ2) is 8.36. The minimum absolute atomic E-state index is 0.176. The van der Waals surface area contributed by atoms with Crippen molar-refractivity contribution in [3.8, 4) is 0 Å². The molecule has 1 amide bonds. The van der Waals surface area contributed by atoms with Gasteiger partial charge in [0, 0.05) is 23.9 Å². The summed E-state index contributed by atoms with van der Waals surface area (Å²) in [6.07, 6.45) is 4.74. The van der Waals surface area contributed by atoms with E-state index in [0.29, 0.717) is 12.3 Å². The van der Waals surface area contributed by atoms with E-state index >= 15 is 0 Å². The molecule has 0 spiro atoms. The third-order valence-corrected chi connectivity index (χ3v) is 3.90. The summed E-state index contributed by atoms with van der Waals surface area (Å²) in [7, 11) is 0. The summed E-state index contributed by atoms with van der Waals surface area (Å²) in [5.41, 5.74) is 1.60. The van der Waals surface area contributed by atoms with Gasteiger partial charge in [0.25, 0.3) is 5.91 Å². The summed E-state index contributed by atoms with van der Waals surface area (Å²) < 4.78 is 5.63. The highest BCUT2D eigenvalue weighted by Crippen LogP contribution is 2.24. The lowest BCUT2D eigenvalue weighted by molar-refractivity contribution is -0.137. The van der Waals surface area contributed by atoms with E-state index in [1.54, 1.807) is 0 Å². The third kappa shape index (κ3) is 4.84. The zero-order chi connectivity index (χ0) is 16.7. The van der Waals surface area contributed by atoms with Gasteiger partial charge in [-0.05, 0) is 25.8 Å². The minimum Gasteiger partial charge on any atom is -0.481 e. The van der Waals surface area contributed by atoms with Gasteiger partial charge in [-0.3, -0.25) is 9.59 Å². The molecule has 23 heavy (non-hydrogen) atoms. The van der Waals surface area contributed by atoms with Crippen LogP contribution in [0.25, 0.3) is 11.0 Å². The average molecular weight is 317 g/mol. The van der Waals surface area contributed by atoms with Crippen molar-refractivity contribution in [1.29, 1.82) is 0 Å². The Morgan fingerprint density at radius 2 is 1.78 bits per heavy atom. The lowest BCUT2D eigenvalue weighted by Crippen LogP contribution is -2.24. The molecule has 0 aliphatic carbocycles. The van der Waals surface area contributed by atoms with Crippen molar-refractivity contribution >= 4 is 22.8 Å². The zero-order valence-electron chi connectivity index (χ0n) is 13.4. The van der Waals surface area contributed by atoms with Crippen molar-refractivity contribution in [2.45, 2.75) is 45.4 Å². The first-order valence-electron chi connectivity index (χ1n) is 8.07. The Kier molecular flexibility index (Phi) is 6.20. The lowest BCUT2D eigenvalue weighted by atomic mass is 10.1. The van der Waals surface area contributed by atoms with Gasteiger partial charge in [0.05, 0.1) is 0 Å². The maximum Gasteiger partial charge on any atom is 0.303 e. The fourth-order valence-electron chi connectivity index (χ4n) is 2.60. The van der Waals surface area contributed by atoms with E-state index < -0.39 is 5.97 Å². The standard InChI is InChI=1S/C18H23NO4/c1-13-14-9-6-7-10-15(14)23-17(13)18(22)19-12-8-4-2-3-5-11-16(20)21/h6-7,9-10H,2-5,8,11-12H2,1H3,(H,19,22)(H,20,21). The SMILES string of the molecule is Cc1c(C(=O)NCCCCCCCC(=O)O)oc2ccccc12. The molecule has 0 aliphatic heterocycles. The molecule has 0 unspecified atom stereocenters. The molecule has 2 rings (SSSR count). The maximum absolute atomic E-state index is 12.2. The van der Waals surface area contributed by atoms with Crippen LogP contribution in [0.3, 0.4) is 0 Å². The Hall–Kier alpha value is -2.30. The Labute approximate surface area is 135 Å². The van der Waals surface area contributed by atoms with Gasteiger partial charge in [0.15, 0.2) is 5.76 Å². The van der Waals surface area contributed by atoms with Crippen molar-refractivity contribution in [3.05, 3.63) is 35.6 Å². The van der Waals surface area contributed by atoms with Crippen LogP contribution in [0, 0.1) is 6.92 Å². The second-order valence-corrected chi connectivity index (χ2v) is 5.72.